The van der Waals surface area contributed by atoms with Crippen molar-refractivity contribution < 1.29 is 14.0 Å². The van der Waals surface area contributed by atoms with Crippen LogP contribution in [0.3, 0.4) is 0 Å². The van der Waals surface area contributed by atoms with Gasteiger partial charge in [0.25, 0.3) is 5.91 Å². The number of rotatable bonds is 4. The van der Waals surface area contributed by atoms with Gasteiger partial charge in [-0.2, -0.15) is 0 Å². The lowest BCUT2D eigenvalue weighted by atomic mass is 10.1. The van der Waals surface area contributed by atoms with Crippen molar-refractivity contribution in [3.05, 3.63) is 71.0 Å². The molecule has 2 aromatic rings. The third kappa shape index (κ3) is 4.52. The van der Waals surface area contributed by atoms with Gasteiger partial charge < -0.3 is 4.90 Å². The van der Waals surface area contributed by atoms with Crippen LogP contribution in [0.15, 0.2) is 48.5 Å². The van der Waals surface area contributed by atoms with Crippen molar-refractivity contribution in [3.63, 3.8) is 0 Å². The van der Waals surface area contributed by atoms with Crippen LogP contribution in [-0.2, 0) is 6.54 Å². The van der Waals surface area contributed by atoms with Gasteiger partial charge in [-0.05, 0) is 23.8 Å². The molecule has 3 nitrogen and oxygen atoms in total. The first-order valence-electron chi connectivity index (χ1n) is 7.16. The minimum absolute atomic E-state index is 0.239. The first-order chi connectivity index (χ1) is 10.6. The summed E-state index contributed by atoms with van der Waals surface area (Å²) in [6.45, 7) is 4.35. The van der Waals surface area contributed by atoms with Gasteiger partial charge in [-0.15, -0.1) is 0 Å². The lowest BCUT2D eigenvalue weighted by molar-refractivity contribution is 0.0782. The van der Waals surface area contributed by atoms with Crippen molar-refractivity contribution >= 4 is 12.2 Å². The van der Waals surface area contributed by atoms with E-state index in [0.29, 0.717) is 24.0 Å². The number of nitrogens with zero attached hydrogens (tertiary/aromatic N) is 1. The Hall–Kier alpha value is -2.49. The highest BCUT2D eigenvalue weighted by atomic mass is 19.1. The fourth-order valence-corrected chi connectivity index (χ4v) is 1.94. The van der Waals surface area contributed by atoms with Crippen LogP contribution in [0.4, 0.5) is 4.39 Å². The first-order valence-corrected chi connectivity index (χ1v) is 7.16. The molecular weight excluding hydrogens is 281 g/mol. The quantitative estimate of drug-likeness (QED) is 0.802. The average Bonchev–Trinajstić information content (AvgIpc) is 2.58. The van der Waals surface area contributed by atoms with Gasteiger partial charge >= 0.3 is 0 Å². The van der Waals surface area contributed by atoms with Crippen molar-refractivity contribution in [2.45, 2.75) is 20.4 Å². The second kappa shape index (κ2) is 8.72. The van der Waals surface area contributed by atoms with Crippen LogP contribution in [0.25, 0.3) is 0 Å². The first kappa shape index (κ1) is 17.6. The monoisotopic (exact) mass is 301 g/mol. The van der Waals surface area contributed by atoms with E-state index in [4.69, 9.17) is 0 Å². The van der Waals surface area contributed by atoms with Gasteiger partial charge in [0.05, 0.1) is 5.56 Å². The van der Waals surface area contributed by atoms with E-state index in [-0.39, 0.29) is 11.7 Å². The maximum Gasteiger partial charge on any atom is 0.254 e. The van der Waals surface area contributed by atoms with E-state index < -0.39 is 0 Å². The summed E-state index contributed by atoms with van der Waals surface area (Å²) in [5.74, 6) is -0.550. The molecule has 0 N–H and O–H groups in total. The maximum absolute atomic E-state index is 12.8. The van der Waals surface area contributed by atoms with Gasteiger partial charge in [0.15, 0.2) is 6.29 Å². The number of hydrogen-bond acceptors (Lipinski definition) is 2. The number of carbonyl (C=O) groups excluding carboxylic acids is 2. The fraction of sp³-hybridized carbons (Fsp3) is 0.222. The Morgan fingerprint density at radius 1 is 1.09 bits per heavy atom. The molecular formula is C18H20FNO2. The molecule has 0 aromatic heterocycles. The predicted octanol–water partition coefficient (Wildman–Crippen LogP) is 3.94. The smallest absolute Gasteiger partial charge is 0.254 e. The van der Waals surface area contributed by atoms with Gasteiger partial charge in [0.2, 0.25) is 0 Å². The Labute approximate surface area is 130 Å². The van der Waals surface area contributed by atoms with Crippen molar-refractivity contribution in [3.8, 4) is 0 Å². The van der Waals surface area contributed by atoms with Crippen molar-refractivity contribution in [1.29, 1.82) is 0 Å². The van der Waals surface area contributed by atoms with Gasteiger partial charge in [0.1, 0.15) is 5.82 Å². The highest BCUT2D eigenvalue weighted by Gasteiger charge is 2.15. The molecule has 0 saturated heterocycles. The summed E-state index contributed by atoms with van der Waals surface area (Å²) < 4.78 is 12.8. The number of carbonyl (C=O) groups is 2. The van der Waals surface area contributed by atoms with E-state index in [9.17, 15) is 14.0 Å². The zero-order valence-electron chi connectivity index (χ0n) is 13.0. The van der Waals surface area contributed by atoms with Crippen molar-refractivity contribution in [1.82, 2.24) is 4.90 Å². The van der Waals surface area contributed by atoms with Crippen LogP contribution in [0.2, 0.25) is 0 Å². The number of halogens is 1. The summed E-state index contributed by atoms with van der Waals surface area (Å²) in [4.78, 5) is 24.7. The van der Waals surface area contributed by atoms with Crippen LogP contribution < -0.4 is 0 Å². The lowest BCUT2D eigenvalue weighted by Crippen LogP contribution is -2.27. The van der Waals surface area contributed by atoms with Crippen LogP contribution in [0.1, 0.15) is 40.1 Å². The molecule has 0 radical (unpaired) electrons. The molecule has 0 saturated carbocycles. The molecule has 0 aliphatic carbocycles. The summed E-state index contributed by atoms with van der Waals surface area (Å²) in [5.41, 5.74) is 1.56. The third-order valence-electron chi connectivity index (χ3n) is 3.00. The Bertz CT molecular complexity index is 623. The summed E-state index contributed by atoms with van der Waals surface area (Å²) >= 11 is 0. The second-order valence-corrected chi connectivity index (χ2v) is 4.49. The Kier molecular flexibility index (Phi) is 6.96. The number of amides is 1. The molecule has 0 spiro atoms. The topological polar surface area (TPSA) is 37.4 Å². The second-order valence-electron chi connectivity index (χ2n) is 4.49. The Morgan fingerprint density at radius 3 is 2.27 bits per heavy atom. The fourth-order valence-electron chi connectivity index (χ4n) is 1.94. The molecule has 4 heteroatoms. The van der Waals surface area contributed by atoms with Crippen molar-refractivity contribution in [2.75, 3.05) is 7.05 Å². The average molecular weight is 301 g/mol. The molecule has 0 fully saturated rings. The van der Waals surface area contributed by atoms with Gasteiger partial charge in [0, 0.05) is 19.2 Å². The SMILES string of the molecule is CC.CN(Cc1ccc(F)cc1)C(=O)c1ccccc1C=O. The molecule has 1 amide bonds. The third-order valence-corrected chi connectivity index (χ3v) is 3.00. The molecule has 0 aliphatic rings. The molecule has 22 heavy (non-hydrogen) atoms. The zero-order valence-corrected chi connectivity index (χ0v) is 13.0. The van der Waals surface area contributed by atoms with Crippen LogP contribution in [-0.4, -0.2) is 24.1 Å². The minimum atomic E-state index is -0.311. The van der Waals surface area contributed by atoms with E-state index in [1.807, 2.05) is 13.8 Å². The highest BCUT2D eigenvalue weighted by molar-refractivity contribution is 6.01. The Balaban J connectivity index is 0.00000116. The molecule has 0 bridgehead atoms. The van der Waals surface area contributed by atoms with E-state index in [0.717, 1.165) is 5.56 Å². The van der Waals surface area contributed by atoms with E-state index in [1.165, 1.54) is 17.0 Å². The summed E-state index contributed by atoms with van der Waals surface area (Å²) in [6, 6.07) is 12.6. The van der Waals surface area contributed by atoms with Crippen LogP contribution >= 0.6 is 0 Å². The van der Waals surface area contributed by atoms with E-state index in [1.54, 1.807) is 43.4 Å². The van der Waals surface area contributed by atoms with Crippen LogP contribution in [0, 0.1) is 5.82 Å². The maximum atomic E-state index is 12.8. The standard InChI is InChI=1S/C16H14FNO2.C2H6/c1-18(10-12-6-8-14(17)9-7-12)16(20)15-5-3-2-4-13(15)11-19;1-2/h2-9,11H,10H2,1H3;1-2H3. The molecule has 0 heterocycles. The zero-order chi connectivity index (χ0) is 16.5. The predicted molar refractivity (Wildman–Crippen MR) is 85.4 cm³/mol. The minimum Gasteiger partial charge on any atom is -0.337 e. The lowest BCUT2D eigenvalue weighted by Gasteiger charge is -2.18. The van der Waals surface area contributed by atoms with E-state index >= 15 is 0 Å². The largest absolute Gasteiger partial charge is 0.337 e. The molecule has 0 atom stereocenters. The molecule has 2 rings (SSSR count). The number of benzene rings is 2. The summed E-state index contributed by atoms with van der Waals surface area (Å²) in [5, 5.41) is 0. The van der Waals surface area contributed by atoms with E-state index in [2.05, 4.69) is 0 Å². The highest BCUT2D eigenvalue weighted by Crippen LogP contribution is 2.12. The number of hydrogen-bond donors (Lipinski definition) is 0. The molecule has 116 valence electrons. The number of aldehydes is 1. The molecule has 0 unspecified atom stereocenters. The van der Waals surface area contributed by atoms with Gasteiger partial charge in [-0.25, -0.2) is 4.39 Å². The molecule has 0 aliphatic heterocycles. The Morgan fingerprint density at radius 2 is 1.68 bits per heavy atom. The molecule has 2 aromatic carbocycles. The van der Waals surface area contributed by atoms with Crippen molar-refractivity contribution in [2.24, 2.45) is 0 Å². The summed E-state index contributed by atoms with van der Waals surface area (Å²) in [6.07, 6.45) is 0.666. The normalized spacial score (nSPS) is 9.45. The van der Waals surface area contributed by atoms with Gasteiger partial charge in [-0.1, -0.05) is 44.2 Å². The van der Waals surface area contributed by atoms with Crippen LogP contribution in [0.5, 0.6) is 0 Å². The van der Waals surface area contributed by atoms with Gasteiger partial charge in [-0.3, -0.25) is 9.59 Å². The summed E-state index contributed by atoms with van der Waals surface area (Å²) in [7, 11) is 1.65.